The second-order valence-electron chi connectivity index (χ2n) is 13.1. The maximum atomic E-state index is 12.6. The number of aliphatic hydroxyl groups excluding tert-OH is 6. The van der Waals surface area contributed by atoms with Crippen molar-refractivity contribution in [2.45, 2.75) is 159 Å². The Labute approximate surface area is 293 Å². The van der Waals surface area contributed by atoms with Crippen LogP contribution < -0.4 is 10.6 Å². The van der Waals surface area contributed by atoms with Gasteiger partial charge in [-0.2, -0.15) is 0 Å². The minimum atomic E-state index is -1.78. The third-order valence-electron chi connectivity index (χ3n) is 9.05. The Kier molecular flexibility index (Phi) is 19.0. The molecule has 2 fully saturated rings. The first kappa shape index (κ1) is 42.1. The summed E-state index contributed by atoms with van der Waals surface area (Å²) >= 11 is 0. The Hall–Kier alpha value is -2.32. The van der Waals surface area contributed by atoms with E-state index in [0.717, 1.165) is 19.3 Å². The Balaban J connectivity index is 1.45. The van der Waals surface area contributed by atoms with E-state index in [1.54, 1.807) is 0 Å². The normalized spacial score (nSPS) is 29.9. The fourth-order valence-corrected chi connectivity index (χ4v) is 6.13. The minimum Gasteiger partial charge on any atom is -0.394 e. The summed E-state index contributed by atoms with van der Waals surface area (Å²) in [5.74, 6) is -0.880. The highest BCUT2D eigenvalue weighted by molar-refractivity contribution is 5.91. The molecule has 50 heavy (non-hydrogen) atoms. The van der Waals surface area contributed by atoms with Crippen molar-refractivity contribution in [3.8, 4) is 0 Å². The van der Waals surface area contributed by atoms with Crippen LogP contribution in [0.15, 0.2) is 6.20 Å². The lowest BCUT2D eigenvalue weighted by molar-refractivity contribution is -0.345. The number of aromatic nitrogens is 3. The predicted octanol–water partition coefficient (Wildman–Crippen LogP) is -0.506. The SMILES string of the molecule is CCCCCCCCCCCCCCNC(=O)c1cn(CCO[C@@H]2O[C@H](CO)[C@@H](O)[C@H](O[C@@H]3O[C@H](CO)[C@H](O)[C@H](O)[C@H]3O)[C@H]2NC(C)=O)nn1. The molecule has 2 amide bonds. The van der Waals surface area contributed by atoms with E-state index in [9.17, 15) is 40.2 Å². The topological polar surface area (TPSA) is 247 Å². The second kappa shape index (κ2) is 22.6. The zero-order chi connectivity index (χ0) is 36.5. The first-order valence-electron chi connectivity index (χ1n) is 18.1. The molecule has 0 aromatic carbocycles. The number of ether oxygens (including phenoxy) is 4. The first-order chi connectivity index (χ1) is 24.1. The van der Waals surface area contributed by atoms with Gasteiger partial charge in [0.25, 0.3) is 5.91 Å². The van der Waals surface area contributed by atoms with Crippen LogP contribution in [-0.2, 0) is 30.3 Å². The number of nitrogens with one attached hydrogen (secondary N) is 2. The summed E-state index contributed by atoms with van der Waals surface area (Å²) < 4.78 is 24.2. The van der Waals surface area contributed by atoms with Gasteiger partial charge in [0.1, 0.15) is 48.8 Å². The molecular formula is C33H59N5O12. The van der Waals surface area contributed by atoms with Crippen LogP contribution in [0.25, 0.3) is 0 Å². The van der Waals surface area contributed by atoms with E-state index in [4.69, 9.17) is 18.9 Å². The number of amides is 2. The highest BCUT2D eigenvalue weighted by Crippen LogP contribution is 2.29. The Bertz CT molecular complexity index is 1110. The smallest absolute Gasteiger partial charge is 0.273 e. The van der Waals surface area contributed by atoms with Crippen LogP contribution in [0.2, 0.25) is 0 Å². The fourth-order valence-electron chi connectivity index (χ4n) is 6.13. The molecule has 3 rings (SSSR count). The number of unbranched alkanes of at least 4 members (excludes halogenated alkanes) is 11. The van der Waals surface area contributed by atoms with Crippen molar-refractivity contribution in [1.82, 2.24) is 25.6 Å². The lowest BCUT2D eigenvalue weighted by Crippen LogP contribution is -2.68. The Morgan fingerprint density at radius 1 is 0.820 bits per heavy atom. The number of aliphatic hydroxyl groups is 6. The average molecular weight is 718 g/mol. The fraction of sp³-hybridized carbons (Fsp3) is 0.879. The molecule has 0 radical (unpaired) electrons. The highest BCUT2D eigenvalue weighted by Gasteiger charge is 2.51. The van der Waals surface area contributed by atoms with Crippen LogP contribution >= 0.6 is 0 Å². The summed E-state index contributed by atoms with van der Waals surface area (Å²) in [6.45, 7) is 2.68. The third-order valence-corrected chi connectivity index (χ3v) is 9.05. The number of hydrogen-bond acceptors (Lipinski definition) is 14. The molecule has 2 aliphatic heterocycles. The van der Waals surface area contributed by atoms with E-state index in [2.05, 4.69) is 27.9 Å². The van der Waals surface area contributed by atoms with Crippen molar-refractivity contribution < 1.29 is 59.2 Å². The van der Waals surface area contributed by atoms with Crippen molar-refractivity contribution in [1.29, 1.82) is 0 Å². The van der Waals surface area contributed by atoms with Gasteiger partial charge in [-0.15, -0.1) is 5.10 Å². The lowest BCUT2D eigenvalue weighted by atomic mass is 9.95. The highest BCUT2D eigenvalue weighted by atomic mass is 16.7. The van der Waals surface area contributed by atoms with Crippen LogP contribution in [0, 0.1) is 0 Å². The van der Waals surface area contributed by atoms with Crippen molar-refractivity contribution in [3.05, 3.63) is 11.9 Å². The van der Waals surface area contributed by atoms with Gasteiger partial charge in [0.2, 0.25) is 5.91 Å². The number of hydrogen-bond donors (Lipinski definition) is 8. The molecule has 3 heterocycles. The molecule has 17 nitrogen and oxygen atoms in total. The van der Waals surface area contributed by atoms with Crippen LogP contribution in [0.5, 0.6) is 0 Å². The van der Waals surface area contributed by atoms with Gasteiger partial charge in [-0.3, -0.25) is 9.59 Å². The zero-order valence-electron chi connectivity index (χ0n) is 29.3. The molecule has 1 aromatic heterocycles. The molecule has 0 aliphatic carbocycles. The molecule has 2 saturated heterocycles. The first-order valence-corrected chi connectivity index (χ1v) is 18.1. The number of carbonyl (C=O) groups excluding carboxylic acids is 2. The largest absolute Gasteiger partial charge is 0.394 e. The molecule has 17 heteroatoms. The van der Waals surface area contributed by atoms with Gasteiger partial charge in [-0.25, -0.2) is 4.68 Å². The van der Waals surface area contributed by atoms with Crippen molar-refractivity contribution in [2.24, 2.45) is 0 Å². The number of nitrogens with zero attached hydrogens (tertiary/aromatic N) is 3. The number of carbonyl (C=O) groups is 2. The van der Waals surface area contributed by atoms with Crippen molar-refractivity contribution in [3.63, 3.8) is 0 Å². The standard InChI is InChI=1S/C33H59N5O12/c1-3-4-5-6-7-8-9-10-11-12-13-14-15-34-31(46)22-18-38(37-36-22)16-17-47-32-25(35-21(2)41)30(27(43)24(20-40)48-32)50-33-29(45)28(44)26(42)23(19-39)49-33/h18,23-30,32-33,39-40,42-45H,3-17,19-20H2,1-2H3,(H,34,46)(H,35,41)/t23-,24-,25-,26+,27-,28+,29-,30-,32-,33+/m1/s1. The third kappa shape index (κ3) is 13.0. The second-order valence-corrected chi connectivity index (χ2v) is 13.1. The lowest BCUT2D eigenvalue weighted by Gasteiger charge is -2.47. The summed E-state index contributed by atoms with van der Waals surface area (Å²) in [7, 11) is 0. The molecule has 2 aliphatic rings. The summed E-state index contributed by atoms with van der Waals surface area (Å²) in [6.07, 6.45) is 2.70. The van der Waals surface area contributed by atoms with E-state index in [1.165, 1.54) is 75.6 Å². The van der Waals surface area contributed by atoms with Crippen LogP contribution in [-0.4, -0.2) is 145 Å². The van der Waals surface area contributed by atoms with Gasteiger partial charge in [0, 0.05) is 13.5 Å². The molecule has 10 atom stereocenters. The predicted molar refractivity (Wildman–Crippen MR) is 177 cm³/mol. The Morgan fingerprint density at radius 2 is 1.40 bits per heavy atom. The number of rotatable bonds is 23. The van der Waals surface area contributed by atoms with Gasteiger partial charge >= 0.3 is 0 Å². The van der Waals surface area contributed by atoms with E-state index >= 15 is 0 Å². The average Bonchev–Trinajstić information content (AvgIpc) is 3.58. The molecular weight excluding hydrogens is 658 g/mol. The molecule has 288 valence electrons. The minimum absolute atomic E-state index is 0.0644. The quantitative estimate of drug-likeness (QED) is 0.0665. The Morgan fingerprint density at radius 3 is 2.00 bits per heavy atom. The van der Waals surface area contributed by atoms with Crippen LogP contribution in [0.4, 0.5) is 0 Å². The maximum absolute atomic E-state index is 12.6. The zero-order valence-corrected chi connectivity index (χ0v) is 29.3. The molecule has 0 saturated carbocycles. The van der Waals surface area contributed by atoms with Gasteiger partial charge in [-0.05, 0) is 6.42 Å². The summed E-state index contributed by atoms with van der Waals surface area (Å²) in [6, 6.07) is -1.20. The molecule has 8 N–H and O–H groups in total. The monoisotopic (exact) mass is 717 g/mol. The summed E-state index contributed by atoms with van der Waals surface area (Å²) in [5, 5.41) is 74.5. The maximum Gasteiger partial charge on any atom is 0.273 e. The van der Waals surface area contributed by atoms with E-state index < -0.39 is 80.5 Å². The van der Waals surface area contributed by atoms with E-state index in [1.807, 2.05) is 0 Å². The molecule has 1 aromatic rings. The van der Waals surface area contributed by atoms with Gasteiger partial charge in [0.05, 0.1) is 32.6 Å². The summed E-state index contributed by atoms with van der Waals surface area (Å²) in [4.78, 5) is 24.7. The molecule has 0 unspecified atom stereocenters. The molecule has 0 spiro atoms. The molecule has 0 bridgehead atoms. The van der Waals surface area contributed by atoms with Gasteiger partial charge in [0.15, 0.2) is 18.3 Å². The van der Waals surface area contributed by atoms with Crippen molar-refractivity contribution in [2.75, 3.05) is 26.4 Å². The van der Waals surface area contributed by atoms with Gasteiger partial charge < -0.3 is 60.2 Å². The van der Waals surface area contributed by atoms with Crippen LogP contribution in [0.1, 0.15) is 101 Å². The van der Waals surface area contributed by atoms with Crippen LogP contribution in [0.3, 0.4) is 0 Å². The van der Waals surface area contributed by atoms with E-state index in [-0.39, 0.29) is 24.8 Å². The van der Waals surface area contributed by atoms with Crippen molar-refractivity contribution >= 4 is 11.8 Å². The van der Waals surface area contributed by atoms with E-state index in [0.29, 0.717) is 6.54 Å². The van der Waals surface area contributed by atoms with Gasteiger partial charge in [-0.1, -0.05) is 82.8 Å². The summed E-state index contributed by atoms with van der Waals surface area (Å²) in [5.41, 5.74) is 0.144.